The molecule has 0 fully saturated rings. The molecule has 0 heterocycles. The number of rotatable bonds is 4. The van der Waals surface area contributed by atoms with Gasteiger partial charge in [-0.2, -0.15) is 23.6 Å². The van der Waals surface area contributed by atoms with Crippen molar-refractivity contribution in [2.75, 3.05) is 0 Å². The van der Waals surface area contributed by atoms with Crippen LogP contribution in [0.3, 0.4) is 0 Å². The average Bonchev–Trinajstić information content (AvgIpc) is 3.39. The van der Waals surface area contributed by atoms with Crippen LogP contribution in [0, 0.1) is 6.08 Å². The number of hydrogen-bond acceptors (Lipinski definition) is 2. The molecule has 0 atom stereocenters. The van der Waals surface area contributed by atoms with Crippen molar-refractivity contribution in [1.82, 2.24) is 0 Å². The summed E-state index contributed by atoms with van der Waals surface area (Å²) in [4.78, 5) is 22.4. The Hall–Kier alpha value is -2.17. The van der Waals surface area contributed by atoms with Crippen LogP contribution in [0.1, 0.15) is 46.0 Å². The summed E-state index contributed by atoms with van der Waals surface area (Å²) < 4.78 is 0. The molecular formula is C23H30O4Ti. The minimum atomic E-state index is -0.711. The number of fused-ring (bicyclic) bond motifs is 1. The van der Waals surface area contributed by atoms with E-state index < -0.39 is 11.9 Å². The zero-order chi connectivity index (χ0) is 21.6. The van der Waals surface area contributed by atoms with Crippen LogP contribution >= 0.6 is 0 Å². The molecule has 0 aromatic heterocycles. The van der Waals surface area contributed by atoms with Gasteiger partial charge in [-0.15, -0.1) is 36.1 Å². The van der Waals surface area contributed by atoms with Gasteiger partial charge in [-0.1, -0.05) is 19.9 Å². The molecule has 5 heteroatoms. The van der Waals surface area contributed by atoms with Crippen molar-refractivity contribution in [3.8, 4) is 0 Å². The van der Waals surface area contributed by atoms with Crippen LogP contribution in [0.2, 0.25) is 0 Å². The Morgan fingerprint density at radius 1 is 1.07 bits per heavy atom. The fraction of sp³-hybridized carbons (Fsp3) is 0.304. The molecule has 150 valence electrons. The molecule has 2 aromatic rings. The predicted molar refractivity (Wildman–Crippen MR) is 113 cm³/mol. The SMILES string of the molecule is CCCC(=O)O.CCCC(=O)O.[C-]1=CC=CC1.[CH2]=[Ti+2].c1ccc2[cH-]ccc2c1. The largest absolute Gasteiger partial charge is 0.168 e. The van der Waals surface area contributed by atoms with Crippen molar-refractivity contribution in [2.24, 2.45) is 0 Å². The zero-order valence-electron chi connectivity index (χ0n) is 16.7. The van der Waals surface area contributed by atoms with Crippen molar-refractivity contribution in [1.29, 1.82) is 0 Å². The first-order valence-electron chi connectivity index (χ1n) is 9.12. The van der Waals surface area contributed by atoms with Gasteiger partial charge in [0.05, 0.1) is 0 Å². The number of aliphatic carboxylic acids is 2. The molecule has 0 aliphatic heterocycles. The molecule has 0 spiro atoms. The van der Waals surface area contributed by atoms with Gasteiger partial charge in [0.25, 0.3) is 0 Å². The summed E-state index contributed by atoms with van der Waals surface area (Å²) in [6.07, 6.45) is 12.0. The molecule has 1 aliphatic rings. The van der Waals surface area contributed by atoms with E-state index in [1.165, 1.54) is 10.8 Å². The third kappa shape index (κ3) is 18.6. The number of carbonyl (C=O) groups is 2. The summed E-state index contributed by atoms with van der Waals surface area (Å²) in [6.45, 7) is 3.68. The third-order valence-corrected chi connectivity index (χ3v) is 3.06. The Bertz CT molecular complexity index is 645. The molecule has 3 rings (SSSR count). The average molecular weight is 418 g/mol. The minimum absolute atomic E-state index is 0.292. The summed E-state index contributed by atoms with van der Waals surface area (Å²) in [5.74, 6) is -1.42. The van der Waals surface area contributed by atoms with E-state index in [0.29, 0.717) is 12.8 Å². The maximum absolute atomic E-state index is 9.60. The Morgan fingerprint density at radius 3 is 1.96 bits per heavy atom. The first-order valence-corrected chi connectivity index (χ1v) is 10.2. The van der Waals surface area contributed by atoms with E-state index in [9.17, 15) is 9.59 Å². The first-order chi connectivity index (χ1) is 13.5. The molecule has 0 radical (unpaired) electrons. The van der Waals surface area contributed by atoms with E-state index in [1.54, 1.807) is 20.0 Å². The normalized spacial score (nSPS) is 10.1. The second-order valence-electron chi connectivity index (χ2n) is 5.45. The summed E-state index contributed by atoms with van der Waals surface area (Å²) in [5.41, 5.74) is 0. The summed E-state index contributed by atoms with van der Waals surface area (Å²) in [5, 5.41) is 18.5. The maximum atomic E-state index is 9.60. The van der Waals surface area contributed by atoms with Crippen molar-refractivity contribution >= 4 is 27.5 Å². The van der Waals surface area contributed by atoms with Gasteiger partial charge in [0.1, 0.15) is 0 Å². The number of carboxylic acids is 2. The van der Waals surface area contributed by atoms with E-state index in [0.717, 1.165) is 19.3 Å². The number of benzene rings is 1. The maximum Gasteiger partial charge on any atom is -0.0809 e. The second-order valence-corrected chi connectivity index (χ2v) is 5.45. The summed E-state index contributed by atoms with van der Waals surface area (Å²) in [7, 11) is 0. The van der Waals surface area contributed by atoms with Crippen LogP contribution in [-0.2, 0) is 29.6 Å². The van der Waals surface area contributed by atoms with Crippen LogP contribution in [0.25, 0.3) is 10.8 Å². The minimum Gasteiger partial charge on any atom is -0.168 e. The Morgan fingerprint density at radius 2 is 1.64 bits per heavy atom. The van der Waals surface area contributed by atoms with Crippen LogP contribution in [-0.4, -0.2) is 27.0 Å². The van der Waals surface area contributed by atoms with Crippen LogP contribution in [0.4, 0.5) is 0 Å². The van der Waals surface area contributed by atoms with E-state index in [2.05, 4.69) is 59.4 Å². The fourth-order valence-corrected chi connectivity index (χ4v) is 1.84. The molecule has 28 heavy (non-hydrogen) atoms. The van der Waals surface area contributed by atoms with Crippen molar-refractivity contribution in [3.05, 3.63) is 66.8 Å². The van der Waals surface area contributed by atoms with Gasteiger partial charge in [-0.05, 0) is 12.8 Å². The first kappa shape index (κ1) is 28.0. The fourth-order valence-electron chi connectivity index (χ4n) is 1.84. The van der Waals surface area contributed by atoms with Crippen LogP contribution in [0.5, 0.6) is 0 Å². The second kappa shape index (κ2) is 21.1. The van der Waals surface area contributed by atoms with E-state index >= 15 is 0 Å². The Labute approximate surface area is 179 Å². The van der Waals surface area contributed by atoms with Gasteiger partial charge in [0.15, 0.2) is 0 Å². The smallest absolute Gasteiger partial charge is 0.0809 e. The molecule has 0 saturated carbocycles. The number of allylic oxidation sites excluding steroid dienone is 4. The van der Waals surface area contributed by atoms with Gasteiger partial charge in [-0.3, -0.25) is 15.7 Å². The molecule has 0 amide bonds. The van der Waals surface area contributed by atoms with Crippen molar-refractivity contribution in [2.45, 2.75) is 46.0 Å². The summed E-state index contributed by atoms with van der Waals surface area (Å²) in [6, 6.07) is 14.7. The standard InChI is InChI=1S/C9H7.C5H5.2C4H8O2.CH2.Ti/c1-2-5-9-7-3-6-8(9)4-1;1-2-4-5-3-1;2*1-2-3-4(5)6;;/h1-7H;1-3H,4H2;2*2-3H2,1H3,(H,5,6);1H2;/q2*-1;;;;+2. The molecule has 0 saturated heterocycles. The molecule has 0 bridgehead atoms. The van der Waals surface area contributed by atoms with E-state index in [-0.39, 0.29) is 0 Å². The quantitative estimate of drug-likeness (QED) is 0.503. The molecular weight excluding hydrogens is 388 g/mol. The Balaban J connectivity index is 0. The van der Waals surface area contributed by atoms with Crippen LogP contribution in [0.15, 0.2) is 60.7 Å². The third-order valence-electron chi connectivity index (χ3n) is 3.06. The summed E-state index contributed by atoms with van der Waals surface area (Å²) >= 11 is 1.75. The topological polar surface area (TPSA) is 74.6 Å². The van der Waals surface area contributed by atoms with E-state index in [4.69, 9.17) is 10.2 Å². The predicted octanol–water partition coefficient (Wildman–Crippen LogP) is 5.57. The van der Waals surface area contributed by atoms with Gasteiger partial charge < -0.3 is 10.2 Å². The zero-order valence-corrected chi connectivity index (χ0v) is 18.3. The van der Waals surface area contributed by atoms with Gasteiger partial charge in [0.2, 0.25) is 0 Å². The van der Waals surface area contributed by atoms with Gasteiger partial charge >= 0.3 is 36.7 Å². The molecule has 4 nitrogen and oxygen atoms in total. The van der Waals surface area contributed by atoms with Gasteiger partial charge in [-0.25, -0.2) is 12.2 Å². The molecule has 0 unspecified atom stereocenters. The molecule has 2 N–H and O–H groups in total. The van der Waals surface area contributed by atoms with Crippen molar-refractivity contribution < 1.29 is 39.8 Å². The monoisotopic (exact) mass is 418 g/mol. The van der Waals surface area contributed by atoms with E-state index in [1.807, 2.05) is 26.0 Å². The van der Waals surface area contributed by atoms with Gasteiger partial charge in [0, 0.05) is 12.8 Å². The Kier molecular flexibility index (Phi) is 21.2. The molecule has 1 aliphatic carbocycles. The molecule has 2 aromatic carbocycles. The van der Waals surface area contributed by atoms with Crippen LogP contribution < -0.4 is 0 Å². The van der Waals surface area contributed by atoms with Crippen molar-refractivity contribution in [3.63, 3.8) is 0 Å². The number of carboxylic acid groups (broad SMARTS) is 2. The number of hydrogen-bond donors (Lipinski definition) is 2.